The summed E-state index contributed by atoms with van der Waals surface area (Å²) < 4.78 is 11.5. The minimum Gasteiger partial charge on any atom is -0.480 e. The van der Waals surface area contributed by atoms with E-state index in [1.807, 2.05) is 37.4 Å². The topological polar surface area (TPSA) is 84.9 Å². The molecule has 0 aliphatic heterocycles. The van der Waals surface area contributed by atoms with E-state index >= 15 is 0 Å². The van der Waals surface area contributed by atoms with Gasteiger partial charge in [-0.2, -0.15) is 0 Å². The van der Waals surface area contributed by atoms with Crippen LogP contribution in [-0.4, -0.2) is 37.6 Å². The van der Waals surface area contributed by atoms with Gasteiger partial charge in [-0.1, -0.05) is 65.8 Å². The van der Waals surface area contributed by atoms with Crippen LogP contribution < -0.4 is 5.32 Å². The Morgan fingerprint density at radius 2 is 1.66 bits per heavy atom. The van der Waals surface area contributed by atoms with Gasteiger partial charge in [0, 0.05) is 0 Å². The maximum Gasteiger partial charge on any atom is 0.408 e. The van der Waals surface area contributed by atoms with E-state index in [9.17, 15) is 14.7 Å². The van der Waals surface area contributed by atoms with Gasteiger partial charge in [-0.15, -0.1) is 0 Å². The van der Waals surface area contributed by atoms with E-state index in [1.165, 1.54) is 0 Å². The van der Waals surface area contributed by atoms with Gasteiger partial charge in [0.25, 0.3) is 0 Å². The van der Waals surface area contributed by atoms with Gasteiger partial charge in [-0.05, 0) is 41.6 Å². The van der Waals surface area contributed by atoms with Crippen molar-refractivity contribution in [3.63, 3.8) is 0 Å². The zero-order valence-corrected chi connectivity index (χ0v) is 20.3. The fourth-order valence-corrected chi connectivity index (χ4v) is 4.20. The average Bonchev–Trinajstić information content (AvgIpc) is 2.55. The highest BCUT2D eigenvalue weighted by Crippen LogP contribution is 2.37. The highest BCUT2D eigenvalue weighted by atomic mass is 28.4. The molecule has 0 aliphatic rings. The Morgan fingerprint density at radius 1 is 1.10 bits per heavy atom. The van der Waals surface area contributed by atoms with Gasteiger partial charge >= 0.3 is 12.1 Å². The molecular weight excluding hydrogens is 386 g/mol. The highest BCUT2D eigenvalue weighted by Gasteiger charge is 2.41. The fraction of sp³-hybridized carbons (Fsp3) is 0.636. The predicted octanol–water partition coefficient (Wildman–Crippen LogP) is 5.07. The molecule has 7 heteroatoms. The molecule has 1 rings (SSSR count). The second-order valence-electron chi connectivity index (χ2n) is 10.0. The first-order valence-electron chi connectivity index (χ1n) is 9.98. The molecule has 1 aromatic carbocycles. The Morgan fingerprint density at radius 3 is 2.14 bits per heavy atom. The number of aliphatic carboxylic acids is 1. The monoisotopic (exact) mass is 423 g/mol. The van der Waals surface area contributed by atoms with E-state index in [0.717, 1.165) is 11.1 Å². The summed E-state index contributed by atoms with van der Waals surface area (Å²) >= 11 is 0. The van der Waals surface area contributed by atoms with Crippen LogP contribution in [0, 0.1) is 0 Å². The number of carbonyl (C=O) groups is 2. The number of ether oxygens (including phenoxy) is 1. The number of carboxylic acid groups (broad SMARTS) is 1. The van der Waals surface area contributed by atoms with Gasteiger partial charge in [-0.25, -0.2) is 9.59 Å². The predicted molar refractivity (Wildman–Crippen MR) is 118 cm³/mol. The molecule has 0 saturated heterocycles. The number of hydrogen-bond donors (Lipinski definition) is 2. The maximum absolute atomic E-state index is 12.3. The Hall–Kier alpha value is -1.86. The number of carbonyl (C=O) groups excluding carboxylic acids is 1. The zero-order valence-electron chi connectivity index (χ0n) is 19.3. The van der Waals surface area contributed by atoms with Crippen LogP contribution in [0.25, 0.3) is 0 Å². The molecule has 1 aromatic rings. The summed E-state index contributed by atoms with van der Waals surface area (Å²) in [5.41, 5.74) is 1.88. The molecule has 164 valence electrons. The molecule has 0 spiro atoms. The third kappa shape index (κ3) is 7.15. The van der Waals surface area contributed by atoms with Gasteiger partial charge < -0.3 is 19.6 Å². The van der Waals surface area contributed by atoms with Crippen molar-refractivity contribution >= 4 is 20.4 Å². The van der Waals surface area contributed by atoms with E-state index in [1.54, 1.807) is 6.92 Å². The molecule has 29 heavy (non-hydrogen) atoms. The Bertz CT molecular complexity index is 719. The van der Waals surface area contributed by atoms with Crippen LogP contribution in [0.3, 0.4) is 0 Å². The number of alkyl carbamates (subject to hydrolysis) is 1. The number of nitrogens with one attached hydrogen (secondary N) is 1. The maximum atomic E-state index is 12.3. The second-order valence-corrected chi connectivity index (χ2v) is 14.8. The number of rotatable bonds is 7. The Labute approximate surface area is 176 Å². The summed E-state index contributed by atoms with van der Waals surface area (Å²) in [6.07, 6.45) is -1.45. The third-order valence-corrected chi connectivity index (χ3v) is 10.1. The summed E-state index contributed by atoms with van der Waals surface area (Å²) in [6, 6.07) is 6.57. The lowest BCUT2D eigenvalue weighted by Crippen LogP contribution is -2.53. The van der Waals surface area contributed by atoms with Crippen molar-refractivity contribution in [2.24, 2.45) is 0 Å². The normalized spacial score (nSPS) is 14.8. The second kappa shape index (κ2) is 9.30. The van der Waals surface area contributed by atoms with E-state index in [-0.39, 0.29) is 17.1 Å². The summed E-state index contributed by atoms with van der Waals surface area (Å²) in [6.45, 7) is 18.3. The lowest BCUT2D eigenvalue weighted by Gasteiger charge is -2.39. The largest absolute Gasteiger partial charge is 0.480 e. The van der Waals surface area contributed by atoms with Crippen LogP contribution in [-0.2, 0) is 26.0 Å². The molecular formula is C22H37NO5Si. The molecule has 0 unspecified atom stereocenters. The molecule has 0 aliphatic carbocycles. The van der Waals surface area contributed by atoms with Gasteiger partial charge in [0.05, 0.1) is 6.10 Å². The molecule has 2 atom stereocenters. The quantitative estimate of drug-likeness (QED) is 0.598. The highest BCUT2D eigenvalue weighted by molar-refractivity contribution is 6.74. The van der Waals surface area contributed by atoms with Crippen LogP contribution in [0.5, 0.6) is 0 Å². The number of carboxylic acids is 1. The van der Waals surface area contributed by atoms with Crippen LogP contribution in [0.1, 0.15) is 59.6 Å². The molecule has 0 aromatic heterocycles. The molecule has 0 radical (unpaired) electrons. The third-order valence-electron chi connectivity index (χ3n) is 5.48. The van der Waals surface area contributed by atoms with Crippen molar-refractivity contribution in [3.05, 3.63) is 35.4 Å². The standard InChI is InChI=1S/C22H37NO5Si/c1-15(28-29(8,9)22(5,6)7)18(19(24)25)23-20(26)27-14-16-12-10-11-13-17(16)21(2,3)4/h10-13,15,18H,14H2,1-9H3,(H,23,26)(H,24,25)/t15-,18+/m0/s1. The van der Waals surface area contributed by atoms with E-state index in [0.29, 0.717) is 0 Å². The van der Waals surface area contributed by atoms with Crippen LogP contribution in [0.4, 0.5) is 4.79 Å². The van der Waals surface area contributed by atoms with Crippen molar-refractivity contribution in [2.75, 3.05) is 0 Å². The van der Waals surface area contributed by atoms with Crippen molar-refractivity contribution in [1.82, 2.24) is 5.32 Å². The summed E-state index contributed by atoms with van der Waals surface area (Å²) in [7, 11) is -2.18. The van der Waals surface area contributed by atoms with Crippen LogP contribution in [0.2, 0.25) is 18.1 Å². The summed E-state index contributed by atoms with van der Waals surface area (Å²) in [5, 5.41) is 12.0. The lowest BCUT2D eigenvalue weighted by molar-refractivity contribution is -0.141. The Kier molecular flexibility index (Phi) is 8.07. The lowest BCUT2D eigenvalue weighted by atomic mass is 9.84. The van der Waals surface area contributed by atoms with Crippen LogP contribution in [0.15, 0.2) is 24.3 Å². The first-order valence-corrected chi connectivity index (χ1v) is 12.9. The van der Waals surface area contributed by atoms with E-state index < -0.39 is 32.5 Å². The molecule has 0 saturated carbocycles. The molecule has 0 bridgehead atoms. The van der Waals surface area contributed by atoms with Crippen molar-refractivity contribution < 1.29 is 23.9 Å². The molecule has 2 N–H and O–H groups in total. The van der Waals surface area contributed by atoms with Gasteiger partial charge in [0.15, 0.2) is 14.4 Å². The first-order chi connectivity index (χ1) is 13.1. The first kappa shape index (κ1) is 25.2. The molecule has 6 nitrogen and oxygen atoms in total. The average molecular weight is 424 g/mol. The molecule has 1 amide bonds. The van der Waals surface area contributed by atoms with Crippen molar-refractivity contribution in [3.8, 4) is 0 Å². The number of benzene rings is 1. The summed E-state index contributed by atoms with van der Waals surface area (Å²) in [5.74, 6) is -1.15. The minimum atomic E-state index is -2.18. The Balaban J connectivity index is 2.82. The number of amides is 1. The SMILES string of the molecule is C[C@H](O[Si](C)(C)C(C)(C)C)[C@@H](NC(=O)OCc1ccccc1C(C)(C)C)C(=O)O. The van der Waals surface area contributed by atoms with E-state index in [4.69, 9.17) is 9.16 Å². The van der Waals surface area contributed by atoms with Crippen LogP contribution >= 0.6 is 0 Å². The van der Waals surface area contributed by atoms with Gasteiger partial charge in [0.2, 0.25) is 0 Å². The molecule has 0 heterocycles. The fourth-order valence-electron chi connectivity index (χ4n) is 2.78. The van der Waals surface area contributed by atoms with E-state index in [2.05, 4.69) is 46.9 Å². The molecule has 0 fully saturated rings. The zero-order chi connectivity index (χ0) is 22.6. The smallest absolute Gasteiger partial charge is 0.408 e. The van der Waals surface area contributed by atoms with Crippen molar-refractivity contribution in [1.29, 1.82) is 0 Å². The number of hydrogen-bond acceptors (Lipinski definition) is 4. The van der Waals surface area contributed by atoms with Gasteiger partial charge in [-0.3, -0.25) is 0 Å². The minimum absolute atomic E-state index is 0.0680. The summed E-state index contributed by atoms with van der Waals surface area (Å²) in [4.78, 5) is 24.1. The van der Waals surface area contributed by atoms with Crippen molar-refractivity contribution in [2.45, 2.75) is 90.8 Å². The van der Waals surface area contributed by atoms with Gasteiger partial charge in [0.1, 0.15) is 6.61 Å².